The van der Waals surface area contributed by atoms with Crippen molar-refractivity contribution in [3.05, 3.63) is 65.7 Å². The fraction of sp³-hybridized carbons (Fsp3) is 0.481. The Morgan fingerprint density at radius 2 is 1.94 bits per heavy atom. The number of esters is 1. The second kappa shape index (κ2) is 12.8. The van der Waals surface area contributed by atoms with Crippen LogP contribution in [0.15, 0.2) is 54.6 Å². The molecule has 1 fully saturated rings. The Morgan fingerprint density at radius 1 is 1.21 bits per heavy atom. The van der Waals surface area contributed by atoms with Gasteiger partial charge in [0.2, 0.25) is 5.91 Å². The van der Waals surface area contributed by atoms with E-state index >= 15 is 0 Å². The van der Waals surface area contributed by atoms with Gasteiger partial charge in [0, 0.05) is 13.1 Å². The maximum absolute atomic E-state index is 13.0. The Kier molecular flexibility index (Phi) is 10.4. The summed E-state index contributed by atoms with van der Waals surface area (Å²) in [6.45, 7) is 8.80. The molecule has 0 saturated carbocycles. The molecule has 1 heterocycles. The third-order valence-corrected chi connectivity index (χ3v) is 6.96. The van der Waals surface area contributed by atoms with Crippen LogP contribution in [0, 0.1) is 11.8 Å². The van der Waals surface area contributed by atoms with E-state index in [-0.39, 0.29) is 36.2 Å². The van der Waals surface area contributed by atoms with Gasteiger partial charge in [0.15, 0.2) is 0 Å². The number of aromatic hydroxyl groups is 1. The summed E-state index contributed by atoms with van der Waals surface area (Å²) in [6.07, 6.45) is 1.56. The minimum Gasteiger partial charge on any atom is -0.508 e. The molecule has 3 atom stereocenters. The first kappa shape index (κ1) is 27.7. The van der Waals surface area contributed by atoms with Gasteiger partial charge in [-0.2, -0.15) is 0 Å². The van der Waals surface area contributed by atoms with E-state index in [1.165, 1.54) is 0 Å². The summed E-state index contributed by atoms with van der Waals surface area (Å²) in [5.74, 6) is -0.157. The average Bonchev–Trinajstić information content (AvgIpc) is 2.80. The fourth-order valence-electron chi connectivity index (χ4n) is 4.74. The summed E-state index contributed by atoms with van der Waals surface area (Å²) in [6, 6.07) is 17.6. The predicted octanol–water partition coefficient (Wildman–Crippen LogP) is 3.95. The molecule has 1 amide bonds. The van der Waals surface area contributed by atoms with Gasteiger partial charge in [-0.15, -0.1) is 12.4 Å². The number of piperidine rings is 1. The Labute approximate surface area is 209 Å². The maximum atomic E-state index is 13.0. The van der Waals surface area contributed by atoms with E-state index in [4.69, 9.17) is 4.74 Å². The van der Waals surface area contributed by atoms with Gasteiger partial charge in [0.1, 0.15) is 12.3 Å². The van der Waals surface area contributed by atoms with Gasteiger partial charge >= 0.3 is 5.97 Å². The molecule has 2 aromatic carbocycles. The standard InChI is InChI=1S/C27H36N2O4.ClH/c1-4-33-25(31)17-28-26(32)22(15-21-9-6-5-7-10-21)19-29-14-13-27(3,20(2)18-29)23-11-8-12-24(30)16-23;/h5-12,16,20,22,30H,4,13-15,17-19H2,1-3H3,(H,28,32);1H/t20-,22?,27+;/m0./s1. The molecule has 186 valence electrons. The van der Waals surface area contributed by atoms with Gasteiger partial charge in [-0.1, -0.05) is 56.3 Å². The highest BCUT2D eigenvalue weighted by molar-refractivity contribution is 5.85. The van der Waals surface area contributed by atoms with Crippen LogP contribution in [0.1, 0.15) is 38.3 Å². The van der Waals surface area contributed by atoms with Crippen molar-refractivity contribution in [1.82, 2.24) is 10.2 Å². The zero-order valence-electron chi connectivity index (χ0n) is 20.3. The van der Waals surface area contributed by atoms with Crippen molar-refractivity contribution in [1.29, 1.82) is 0 Å². The molecule has 34 heavy (non-hydrogen) atoms. The van der Waals surface area contributed by atoms with Crippen LogP contribution in [0.25, 0.3) is 0 Å². The first-order valence-electron chi connectivity index (χ1n) is 11.8. The Balaban J connectivity index is 0.00000408. The molecule has 1 unspecified atom stereocenters. The van der Waals surface area contributed by atoms with E-state index in [0.29, 0.717) is 31.2 Å². The van der Waals surface area contributed by atoms with E-state index in [0.717, 1.165) is 30.6 Å². The SMILES string of the molecule is CCOC(=O)CNC(=O)C(Cc1ccccc1)CN1CC[C@@](C)(c2cccc(O)c2)[C@@H](C)C1.Cl. The first-order chi connectivity index (χ1) is 15.8. The minimum atomic E-state index is -0.419. The molecule has 0 bridgehead atoms. The minimum absolute atomic E-state index is 0. The third kappa shape index (κ3) is 7.21. The van der Waals surface area contributed by atoms with Gasteiger partial charge in [-0.05, 0) is 60.9 Å². The van der Waals surface area contributed by atoms with Crippen LogP contribution in [-0.2, 0) is 26.2 Å². The van der Waals surface area contributed by atoms with E-state index in [1.807, 2.05) is 42.5 Å². The summed E-state index contributed by atoms with van der Waals surface area (Å²) in [5.41, 5.74) is 2.22. The Hall–Kier alpha value is -2.57. The number of benzene rings is 2. The third-order valence-electron chi connectivity index (χ3n) is 6.96. The molecule has 0 aromatic heterocycles. The molecule has 1 saturated heterocycles. The summed E-state index contributed by atoms with van der Waals surface area (Å²) in [5, 5.41) is 12.7. The lowest BCUT2D eigenvalue weighted by Crippen LogP contribution is -2.50. The number of carbonyl (C=O) groups excluding carboxylic acids is 2. The first-order valence-corrected chi connectivity index (χ1v) is 11.8. The van der Waals surface area contributed by atoms with Crippen LogP contribution >= 0.6 is 12.4 Å². The number of phenolic OH excluding ortho intramolecular Hbond substituents is 1. The van der Waals surface area contributed by atoms with Crippen LogP contribution in [0.2, 0.25) is 0 Å². The zero-order valence-corrected chi connectivity index (χ0v) is 21.1. The van der Waals surface area contributed by atoms with Crippen molar-refractivity contribution in [2.24, 2.45) is 11.8 Å². The lowest BCUT2D eigenvalue weighted by Gasteiger charge is -2.45. The van der Waals surface area contributed by atoms with Crippen molar-refractivity contribution in [2.45, 2.75) is 39.0 Å². The molecule has 2 aromatic rings. The number of carbonyl (C=O) groups is 2. The quantitative estimate of drug-likeness (QED) is 0.522. The largest absolute Gasteiger partial charge is 0.508 e. The number of nitrogens with zero attached hydrogens (tertiary/aromatic N) is 1. The predicted molar refractivity (Wildman–Crippen MR) is 136 cm³/mol. The normalized spacial score (nSPS) is 21.2. The highest BCUT2D eigenvalue weighted by Crippen LogP contribution is 2.40. The number of ether oxygens (including phenoxy) is 1. The summed E-state index contributed by atoms with van der Waals surface area (Å²) >= 11 is 0. The van der Waals surface area contributed by atoms with Gasteiger partial charge < -0.3 is 20.1 Å². The van der Waals surface area contributed by atoms with Crippen molar-refractivity contribution >= 4 is 24.3 Å². The number of amides is 1. The van der Waals surface area contributed by atoms with E-state index < -0.39 is 5.97 Å². The molecule has 6 nitrogen and oxygen atoms in total. The van der Waals surface area contributed by atoms with Crippen molar-refractivity contribution in [3.8, 4) is 5.75 Å². The van der Waals surface area contributed by atoms with Crippen molar-refractivity contribution < 1.29 is 19.4 Å². The molecule has 0 radical (unpaired) electrons. The topological polar surface area (TPSA) is 78.9 Å². The highest BCUT2D eigenvalue weighted by Gasteiger charge is 2.39. The molecule has 0 aliphatic carbocycles. The molecular formula is C27H37ClN2O4. The van der Waals surface area contributed by atoms with Crippen LogP contribution in [0.4, 0.5) is 0 Å². The van der Waals surface area contributed by atoms with Crippen LogP contribution in [0.3, 0.4) is 0 Å². The van der Waals surface area contributed by atoms with E-state index in [1.54, 1.807) is 13.0 Å². The molecule has 1 aliphatic rings. The van der Waals surface area contributed by atoms with Gasteiger partial charge in [0.25, 0.3) is 0 Å². The number of likely N-dealkylation sites (tertiary alicyclic amines) is 1. The Morgan fingerprint density at radius 3 is 2.59 bits per heavy atom. The summed E-state index contributed by atoms with van der Waals surface area (Å²) in [7, 11) is 0. The van der Waals surface area contributed by atoms with Gasteiger partial charge in [-0.25, -0.2) is 0 Å². The van der Waals surface area contributed by atoms with E-state index in [2.05, 4.69) is 30.1 Å². The van der Waals surface area contributed by atoms with Crippen molar-refractivity contribution in [2.75, 3.05) is 32.8 Å². The number of rotatable bonds is 9. The molecule has 7 heteroatoms. The number of hydrogen-bond donors (Lipinski definition) is 2. The van der Waals surface area contributed by atoms with Crippen LogP contribution in [0.5, 0.6) is 5.75 Å². The Bertz CT molecular complexity index is 939. The molecule has 3 rings (SSSR count). The smallest absolute Gasteiger partial charge is 0.325 e. The summed E-state index contributed by atoms with van der Waals surface area (Å²) in [4.78, 5) is 27.1. The molecule has 2 N–H and O–H groups in total. The second-order valence-corrected chi connectivity index (χ2v) is 9.29. The van der Waals surface area contributed by atoms with Crippen LogP contribution in [-0.4, -0.2) is 54.7 Å². The average molecular weight is 489 g/mol. The monoisotopic (exact) mass is 488 g/mol. The lowest BCUT2D eigenvalue weighted by atomic mass is 9.68. The van der Waals surface area contributed by atoms with Gasteiger partial charge in [-0.3, -0.25) is 9.59 Å². The second-order valence-electron chi connectivity index (χ2n) is 9.29. The number of halogens is 1. The van der Waals surface area contributed by atoms with Gasteiger partial charge in [0.05, 0.1) is 12.5 Å². The maximum Gasteiger partial charge on any atom is 0.325 e. The number of phenols is 1. The van der Waals surface area contributed by atoms with Crippen LogP contribution < -0.4 is 5.32 Å². The zero-order chi connectivity index (χ0) is 23.8. The molecule has 1 aliphatic heterocycles. The fourth-order valence-corrected chi connectivity index (χ4v) is 4.74. The number of hydrogen-bond acceptors (Lipinski definition) is 5. The highest BCUT2D eigenvalue weighted by atomic mass is 35.5. The number of nitrogens with one attached hydrogen (secondary N) is 1. The lowest BCUT2D eigenvalue weighted by molar-refractivity contribution is -0.143. The molecular weight excluding hydrogens is 452 g/mol. The van der Waals surface area contributed by atoms with E-state index in [9.17, 15) is 14.7 Å². The summed E-state index contributed by atoms with van der Waals surface area (Å²) < 4.78 is 4.95. The molecule has 0 spiro atoms. The van der Waals surface area contributed by atoms with Crippen molar-refractivity contribution in [3.63, 3.8) is 0 Å².